The molecular weight excluding hydrogens is 638 g/mol. The molecule has 11 heteroatoms. The quantitative estimate of drug-likeness (QED) is 0.0743. The molecule has 0 fully saturated rings. The first-order valence-electron chi connectivity index (χ1n) is 16.6. The van der Waals surface area contributed by atoms with E-state index in [1.807, 2.05) is 30.3 Å². The Kier molecular flexibility index (Phi) is 13.9. The Hall–Kier alpha value is -5.71. The highest BCUT2D eigenvalue weighted by molar-refractivity contribution is 5.81. The number of aromatic nitrogens is 3. The topological polar surface area (TPSA) is 150 Å². The van der Waals surface area contributed by atoms with Gasteiger partial charge in [-0.25, -0.2) is 24.5 Å². The second-order valence-corrected chi connectivity index (χ2v) is 11.5. The number of aromatic hydroxyl groups is 2. The third kappa shape index (κ3) is 10.6. The van der Waals surface area contributed by atoms with E-state index in [1.54, 1.807) is 24.3 Å². The lowest BCUT2D eigenvalue weighted by atomic mass is 10.1. The highest BCUT2D eigenvalue weighted by Crippen LogP contribution is 2.36. The van der Waals surface area contributed by atoms with Crippen molar-refractivity contribution in [1.82, 2.24) is 15.0 Å². The van der Waals surface area contributed by atoms with Gasteiger partial charge in [-0.3, -0.25) is 0 Å². The monoisotopic (exact) mass is 681 g/mol. The molecule has 2 unspecified atom stereocenters. The van der Waals surface area contributed by atoms with Gasteiger partial charge in [-0.15, -0.1) is 0 Å². The van der Waals surface area contributed by atoms with Crippen LogP contribution in [0.4, 0.5) is 0 Å². The number of benzene rings is 3. The van der Waals surface area contributed by atoms with Crippen molar-refractivity contribution < 1.29 is 38.7 Å². The standard InChI is InChI=1S/C39H43N3O8/c1-5-9-16-29(24-47-35(45)7-3)49-27-18-20-31(33(43)22-27)38-40-37(26-14-12-11-13-15-26)41-39(42-38)32-21-19-28(23-34(32)44)50-30(17-10-6-2)25-48-36(46)8-4/h7-8,11-15,18-23,29-30,43-44H,3-6,9-10,16-17,24-25H2,1-2H3. The third-order valence-corrected chi connectivity index (χ3v) is 7.61. The summed E-state index contributed by atoms with van der Waals surface area (Å²) in [5, 5.41) is 22.3. The minimum absolute atomic E-state index is 0.0418. The van der Waals surface area contributed by atoms with E-state index in [4.69, 9.17) is 18.9 Å². The second-order valence-electron chi connectivity index (χ2n) is 11.5. The fraction of sp³-hybridized carbons (Fsp3) is 0.308. The molecule has 1 aromatic heterocycles. The van der Waals surface area contributed by atoms with Crippen molar-refractivity contribution in [2.45, 2.75) is 64.6 Å². The summed E-state index contributed by atoms with van der Waals surface area (Å²) in [5.74, 6) is 0.0741. The number of rotatable bonds is 19. The van der Waals surface area contributed by atoms with Gasteiger partial charge in [0, 0.05) is 29.8 Å². The number of phenolic OH excluding ortho intramolecular Hbond substituents is 2. The lowest BCUT2D eigenvalue weighted by molar-refractivity contribution is -0.141. The van der Waals surface area contributed by atoms with Gasteiger partial charge in [0.15, 0.2) is 17.5 Å². The van der Waals surface area contributed by atoms with Gasteiger partial charge in [0.05, 0.1) is 11.1 Å². The minimum Gasteiger partial charge on any atom is -0.507 e. The number of ether oxygens (including phenoxy) is 4. The molecule has 262 valence electrons. The second kappa shape index (κ2) is 18.7. The van der Waals surface area contributed by atoms with Crippen molar-refractivity contribution in [2.75, 3.05) is 13.2 Å². The van der Waals surface area contributed by atoms with Crippen LogP contribution in [0.15, 0.2) is 92.0 Å². The molecule has 2 atom stereocenters. The molecule has 4 rings (SSSR count). The lowest BCUT2D eigenvalue weighted by Gasteiger charge is -2.19. The van der Waals surface area contributed by atoms with Crippen LogP contribution in [-0.2, 0) is 19.1 Å². The summed E-state index contributed by atoms with van der Waals surface area (Å²) in [7, 11) is 0. The summed E-state index contributed by atoms with van der Waals surface area (Å²) in [4.78, 5) is 37.2. The molecule has 0 aliphatic heterocycles. The van der Waals surface area contributed by atoms with Gasteiger partial charge in [-0.2, -0.15) is 0 Å². The molecule has 3 aromatic carbocycles. The molecule has 0 saturated carbocycles. The van der Waals surface area contributed by atoms with Gasteiger partial charge in [0.25, 0.3) is 0 Å². The molecular formula is C39H43N3O8. The van der Waals surface area contributed by atoms with Crippen molar-refractivity contribution in [1.29, 1.82) is 0 Å². The molecule has 50 heavy (non-hydrogen) atoms. The maximum absolute atomic E-state index is 11.6. The average Bonchev–Trinajstić information content (AvgIpc) is 3.13. The van der Waals surface area contributed by atoms with Crippen molar-refractivity contribution in [3.05, 3.63) is 92.0 Å². The zero-order valence-electron chi connectivity index (χ0n) is 28.4. The normalized spacial score (nSPS) is 12.0. The van der Waals surface area contributed by atoms with E-state index < -0.39 is 24.1 Å². The third-order valence-electron chi connectivity index (χ3n) is 7.61. The van der Waals surface area contributed by atoms with E-state index in [0.717, 1.165) is 37.8 Å². The number of carbonyl (C=O) groups excluding carboxylic acids is 2. The first kappa shape index (κ1) is 37.1. The molecule has 0 saturated heterocycles. The molecule has 0 radical (unpaired) electrons. The van der Waals surface area contributed by atoms with E-state index in [-0.39, 0.29) is 36.4 Å². The SMILES string of the molecule is C=CC(=O)OCC(CCCC)Oc1ccc(-c2nc(-c3ccccc3)nc(-c3ccc(OC(CCCC)COC(=O)C=C)cc3O)n2)c(O)c1. The highest BCUT2D eigenvalue weighted by atomic mass is 16.6. The fourth-order valence-electron chi connectivity index (χ4n) is 4.95. The number of hydrogen-bond acceptors (Lipinski definition) is 11. The molecule has 0 aliphatic rings. The van der Waals surface area contributed by atoms with Gasteiger partial charge < -0.3 is 29.2 Å². The number of esters is 2. The summed E-state index contributed by atoms with van der Waals surface area (Å²) >= 11 is 0. The van der Waals surface area contributed by atoms with Gasteiger partial charge in [0.1, 0.15) is 48.4 Å². The number of hydrogen-bond donors (Lipinski definition) is 2. The van der Waals surface area contributed by atoms with Crippen LogP contribution in [0, 0.1) is 0 Å². The van der Waals surface area contributed by atoms with E-state index in [9.17, 15) is 19.8 Å². The van der Waals surface area contributed by atoms with Crippen LogP contribution in [-0.4, -0.2) is 62.5 Å². The molecule has 4 aromatic rings. The molecule has 0 spiro atoms. The summed E-state index contributed by atoms with van der Waals surface area (Å²) in [6.45, 7) is 11.0. The summed E-state index contributed by atoms with van der Waals surface area (Å²) < 4.78 is 22.6. The largest absolute Gasteiger partial charge is 0.507 e. The first-order chi connectivity index (χ1) is 24.2. The average molecular weight is 682 g/mol. The summed E-state index contributed by atoms with van der Waals surface area (Å²) in [5.41, 5.74) is 1.33. The van der Waals surface area contributed by atoms with Crippen LogP contribution in [0.25, 0.3) is 34.2 Å². The van der Waals surface area contributed by atoms with Crippen LogP contribution in [0.5, 0.6) is 23.0 Å². The summed E-state index contributed by atoms with van der Waals surface area (Å²) in [6.07, 6.45) is 6.25. The Balaban J connectivity index is 1.65. The van der Waals surface area contributed by atoms with Crippen molar-refractivity contribution in [2.24, 2.45) is 0 Å². The number of unbranched alkanes of at least 4 members (excludes halogenated alkanes) is 2. The van der Waals surface area contributed by atoms with E-state index in [2.05, 4.69) is 42.0 Å². The number of nitrogens with zero attached hydrogens (tertiary/aromatic N) is 3. The minimum atomic E-state index is -0.538. The molecule has 1 heterocycles. The maximum Gasteiger partial charge on any atom is 0.330 e. The molecule has 0 aliphatic carbocycles. The predicted molar refractivity (Wildman–Crippen MR) is 190 cm³/mol. The number of phenols is 2. The smallest absolute Gasteiger partial charge is 0.330 e. The van der Waals surface area contributed by atoms with Crippen molar-refractivity contribution in [3.8, 4) is 57.2 Å². The van der Waals surface area contributed by atoms with Crippen LogP contribution in [0.1, 0.15) is 52.4 Å². The van der Waals surface area contributed by atoms with Crippen LogP contribution in [0.2, 0.25) is 0 Å². The van der Waals surface area contributed by atoms with Crippen molar-refractivity contribution >= 4 is 11.9 Å². The Morgan fingerprint density at radius 3 is 1.52 bits per heavy atom. The Morgan fingerprint density at radius 1 is 0.680 bits per heavy atom. The zero-order valence-corrected chi connectivity index (χ0v) is 28.4. The Morgan fingerprint density at radius 2 is 1.12 bits per heavy atom. The maximum atomic E-state index is 11.6. The zero-order chi connectivity index (χ0) is 35.9. The fourth-order valence-corrected chi connectivity index (χ4v) is 4.95. The summed E-state index contributed by atoms with van der Waals surface area (Å²) in [6, 6.07) is 18.8. The predicted octanol–water partition coefficient (Wildman–Crippen LogP) is 7.62. The Bertz CT molecular complexity index is 1660. The lowest BCUT2D eigenvalue weighted by Crippen LogP contribution is -2.24. The van der Waals surface area contributed by atoms with E-state index >= 15 is 0 Å². The molecule has 0 amide bonds. The molecule has 2 N–H and O–H groups in total. The number of carbonyl (C=O) groups is 2. The van der Waals surface area contributed by atoms with Gasteiger partial charge in [-0.1, -0.05) is 70.2 Å². The van der Waals surface area contributed by atoms with Gasteiger partial charge in [0.2, 0.25) is 0 Å². The van der Waals surface area contributed by atoms with Gasteiger partial charge in [-0.05, 0) is 49.9 Å². The van der Waals surface area contributed by atoms with Gasteiger partial charge >= 0.3 is 11.9 Å². The van der Waals surface area contributed by atoms with Crippen molar-refractivity contribution in [3.63, 3.8) is 0 Å². The highest BCUT2D eigenvalue weighted by Gasteiger charge is 2.20. The first-order valence-corrected chi connectivity index (χ1v) is 16.6. The van der Waals surface area contributed by atoms with Crippen LogP contribution >= 0.6 is 0 Å². The van der Waals surface area contributed by atoms with Crippen LogP contribution < -0.4 is 9.47 Å². The van der Waals surface area contributed by atoms with E-state index in [1.165, 1.54) is 12.1 Å². The molecule has 0 bridgehead atoms. The van der Waals surface area contributed by atoms with Crippen LogP contribution in [0.3, 0.4) is 0 Å². The Labute approximate surface area is 292 Å². The van der Waals surface area contributed by atoms with E-state index in [0.29, 0.717) is 46.9 Å². The molecule has 11 nitrogen and oxygen atoms in total.